The van der Waals surface area contributed by atoms with E-state index in [-0.39, 0.29) is 5.24 Å². The molecule has 0 aliphatic carbocycles. The first-order valence-electron chi connectivity index (χ1n) is 3.22. The predicted molar refractivity (Wildman–Crippen MR) is 37.8 cm³/mol. The highest BCUT2D eigenvalue weighted by molar-refractivity contribution is 6.63. The number of nitrogens with one attached hydrogen (secondary N) is 1. The molecule has 0 bridgehead atoms. The SMILES string of the molecule is CC[NH+](CC)CC(=O)Cl. The van der Waals surface area contributed by atoms with E-state index in [0.29, 0.717) is 6.54 Å². The molecule has 0 amide bonds. The van der Waals surface area contributed by atoms with Gasteiger partial charge in [0, 0.05) is 0 Å². The van der Waals surface area contributed by atoms with Crippen molar-refractivity contribution in [2.75, 3.05) is 19.6 Å². The normalized spacial score (nSPS) is 10.2. The van der Waals surface area contributed by atoms with E-state index in [4.69, 9.17) is 11.6 Å². The van der Waals surface area contributed by atoms with Gasteiger partial charge < -0.3 is 4.90 Å². The molecule has 9 heavy (non-hydrogen) atoms. The molecule has 0 aromatic carbocycles. The van der Waals surface area contributed by atoms with Gasteiger partial charge in [0.15, 0.2) is 6.54 Å². The van der Waals surface area contributed by atoms with Crippen LogP contribution in [0.25, 0.3) is 0 Å². The van der Waals surface area contributed by atoms with Crippen molar-refractivity contribution in [2.45, 2.75) is 13.8 Å². The minimum Gasteiger partial charge on any atom is -0.328 e. The maximum Gasteiger partial charge on any atom is 0.276 e. The maximum absolute atomic E-state index is 10.3. The average molecular weight is 151 g/mol. The zero-order valence-electron chi connectivity index (χ0n) is 5.91. The molecule has 0 aromatic rings. The molecule has 0 saturated heterocycles. The summed E-state index contributed by atoms with van der Waals surface area (Å²) in [6, 6.07) is 0. The molecule has 2 nitrogen and oxygen atoms in total. The van der Waals surface area contributed by atoms with Crippen molar-refractivity contribution in [3.8, 4) is 0 Å². The Balaban J connectivity index is 3.43. The molecule has 0 aliphatic rings. The van der Waals surface area contributed by atoms with Crippen molar-refractivity contribution in [2.24, 2.45) is 0 Å². The summed E-state index contributed by atoms with van der Waals surface area (Å²) in [5.74, 6) is 0. The lowest BCUT2D eigenvalue weighted by atomic mass is 10.5. The summed E-state index contributed by atoms with van der Waals surface area (Å²) >= 11 is 5.17. The average Bonchev–Trinajstić information content (AvgIpc) is 1.82. The molecule has 0 spiro atoms. The summed E-state index contributed by atoms with van der Waals surface area (Å²) in [6.07, 6.45) is 0. The fourth-order valence-electron chi connectivity index (χ4n) is 0.697. The highest BCUT2D eigenvalue weighted by atomic mass is 35.5. The van der Waals surface area contributed by atoms with Crippen LogP contribution >= 0.6 is 11.6 Å². The van der Waals surface area contributed by atoms with Gasteiger partial charge >= 0.3 is 0 Å². The molecule has 0 heterocycles. The van der Waals surface area contributed by atoms with E-state index in [1.165, 1.54) is 4.90 Å². The van der Waals surface area contributed by atoms with E-state index in [1.54, 1.807) is 0 Å². The minimum atomic E-state index is -0.242. The van der Waals surface area contributed by atoms with Gasteiger partial charge in [-0.2, -0.15) is 0 Å². The van der Waals surface area contributed by atoms with E-state index in [1.807, 2.05) is 13.8 Å². The third kappa shape index (κ3) is 4.43. The van der Waals surface area contributed by atoms with E-state index in [9.17, 15) is 4.79 Å². The molecule has 54 valence electrons. The van der Waals surface area contributed by atoms with Crippen LogP contribution in [-0.2, 0) is 4.79 Å². The van der Waals surface area contributed by atoms with Crippen LogP contribution in [0.3, 0.4) is 0 Å². The Hall–Kier alpha value is -0.0800. The van der Waals surface area contributed by atoms with Crippen LogP contribution in [0.4, 0.5) is 0 Å². The summed E-state index contributed by atoms with van der Waals surface area (Å²) in [7, 11) is 0. The van der Waals surface area contributed by atoms with Crippen molar-refractivity contribution in [3.63, 3.8) is 0 Å². The lowest BCUT2D eigenvalue weighted by Crippen LogP contribution is -3.12. The van der Waals surface area contributed by atoms with Crippen LogP contribution in [0.2, 0.25) is 0 Å². The van der Waals surface area contributed by atoms with Crippen molar-refractivity contribution in [1.29, 1.82) is 0 Å². The Kier molecular flexibility index (Phi) is 4.72. The molecular formula is C6H13ClNO+. The second kappa shape index (κ2) is 4.77. The summed E-state index contributed by atoms with van der Waals surface area (Å²) in [5, 5.41) is -0.242. The first kappa shape index (κ1) is 8.92. The van der Waals surface area contributed by atoms with Crippen LogP contribution in [0, 0.1) is 0 Å². The first-order chi connectivity index (χ1) is 4.20. The number of rotatable bonds is 4. The molecule has 0 saturated carbocycles. The van der Waals surface area contributed by atoms with Crippen LogP contribution < -0.4 is 4.90 Å². The Morgan fingerprint density at radius 3 is 2.00 bits per heavy atom. The number of quaternary nitrogens is 1. The van der Waals surface area contributed by atoms with Gasteiger partial charge in [0.05, 0.1) is 13.1 Å². The van der Waals surface area contributed by atoms with Gasteiger partial charge in [-0.15, -0.1) is 0 Å². The summed E-state index contributed by atoms with van der Waals surface area (Å²) in [6.45, 7) is 6.47. The first-order valence-corrected chi connectivity index (χ1v) is 3.60. The van der Waals surface area contributed by atoms with Crippen LogP contribution in [-0.4, -0.2) is 24.9 Å². The molecule has 1 N–H and O–H groups in total. The van der Waals surface area contributed by atoms with Gasteiger partial charge in [-0.1, -0.05) is 0 Å². The zero-order chi connectivity index (χ0) is 7.28. The lowest BCUT2D eigenvalue weighted by Gasteiger charge is -2.11. The van der Waals surface area contributed by atoms with E-state index >= 15 is 0 Å². The van der Waals surface area contributed by atoms with E-state index in [0.717, 1.165) is 13.1 Å². The zero-order valence-corrected chi connectivity index (χ0v) is 6.66. The molecule has 0 aliphatic heterocycles. The highest BCUT2D eigenvalue weighted by Crippen LogP contribution is 1.70. The van der Waals surface area contributed by atoms with E-state index in [2.05, 4.69) is 0 Å². The Labute approximate surface area is 60.8 Å². The highest BCUT2D eigenvalue weighted by Gasteiger charge is 2.05. The van der Waals surface area contributed by atoms with Gasteiger partial charge in [-0.3, -0.25) is 4.79 Å². The Morgan fingerprint density at radius 1 is 1.44 bits per heavy atom. The Morgan fingerprint density at radius 2 is 1.89 bits per heavy atom. The lowest BCUT2D eigenvalue weighted by molar-refractivity contribution is -0.887. The monoisotopic (exact) mass is 150 g/mol. The fourth-order valence-corrected chi connectivity index (χ4v) is 0.886. The largest absolute Gasteiger partial charge is 0.328 e. The fraction of sp³-hybridized carbons (Fsp3) is 0.833. The second-order valence-corrected chi connectivity index (χ2v) is 2.41. The van der Waals surface area contributed by atoms with Crippen molar-refractivity contribution < 1.29 is 9.69 Å². The standard InChI is InChI=1S/C6H12ClNO/c1-3-8(4-2)5-6(7)9/h3-5H2,1-2H3/p+1. The maximum atomic E-state index is 10.3. The number of carbonyl (C=O) groups is 1. The molecular weight excluding hydrogens is 138 g/mol. The van der Waals surface area contributed by atoms with Gasteiger partial charge in [0.25, 0.3) is 5.24 Å². The number of likely N-dealkylation sites (N-methyl/N-ethyl adjacent to an activating group) is 1. The molecule has 0 aromatic heterocycles. The van der Waals surface area contributed by atoms with E-state index < -0.39 is 0 Å². The smallest absolute Gasteiger partial charge is 0.276 e. The summed E-state index contributed by atoms with van der Waals surface area (Å²) in [5.41, 5.74) is 0. The third-order valence-corrected chi connectivity index (χ3v) is 1.52. The molecule has 3 heteroatoms. The topological polar surface area (TPSA) is 21.5 Å². The van der Waals surface area contributed by atoms with Gasteiger partial charge in [-0.05, 0) is 25.4 Å². The van der Waals surface area contributed by atoms with Crippen molar-refractivity contribution in [3.05, 3.63) is 0 Å². The second-order valence-electron chi connectivity index (χ2n) is 1.99. The van der Waals surface area contributed by atoms with Crippen molar-refractivity contribution >= 4 is 16.8 Å². The number of hydrogen-bond donors (Lipinski definition) is 1. The van der Waals surface area contributed by atoms with Gasteiger partial charge in [0.2, 0.25) is 0 Å². The van der Waals surface area contributed by atoms with Crippen LogP contribution in [0.1, 0.15) is 13.8 Å². The number of hydrogen-bond acceptors (Lipinski definition) is 1. The predicted octanol–water partition coefficient (Wildman–Crippen LogP) is -0.324. The molecule has 0 rings (SSSR count). The molecule has 0 atom stereocenters. The van der Waals surface area contributed by atoms with Crippen LogP contribution in [0.15, 0.2) is 0 Å². The van der Waals surface area contributed by atoms with Gasteiger partial charge in [0.1, 0.15) is 0 Å². The minimum absolute atomic E-state index is 0.242. The van der Waals surface area contributed by atoms with Crippen molar-refractivity contribution in [1.82, 2.24) is 0 Å². The summed E-state index contributed by atoms with van der Waals surface area (Å²) < 4.78 is 0. The van der Waals surface area contributed by atoms with Gasteiger partial charge in [-0.25, -0.2) is 0 Å². The molecule has 0 unspecified atom stereocenters. The third-order valence-electron chi connectivity index (χ3n) is 1.39. The molecule has 0 fully saturated rings. The number of halogens is 1. The number of carbonyl (C=O) groups excluding carboxylic acids is 1. The molecule has 0 radical (unpaired) electrons. The summed E-state index contributed by atoms with van der Waals surface area (Å²) in [4.78, 5) is 11.5. The Bertz CT molecular complexity index is 91.1. The quantitative estimate of drug-likeness (QED) is 0.545. The van der Waals surface area contributed by atoms with Crippen LogP contribution in [0.5, 0.6) is 0 Å².